The summed E-state index contributed by atoms with van der Waals surface area (Å²) in [5.41, 5.74) is 2.04. The van der Waals surface area contributed by atoms with E-state index in [9.17, 15) is 9.59 Å². The van der Waals surface area contributed by atoms with Crippen molar-refractivity contribution >= 4 is 39.9 Å². The minimum absolute atomic E-state index is 0.313. The van der Waals surface area contributed by atoms with Crippen molar-refractivity contribution in [3.05, 3.63) is 40.9 Å². The van der Waals surface area contributed by atoms with Gasteiger partial charge in [0.2, 0.25) is 0 Å². The molecule has 3 rings (SSSR count). The molecule has 5 heteroatoms. The number of imide groups is 1. The fourth-order valence-corrected chi connectivity index (χ4v) is 2.72. The molecule has 0 aliphatic carbocycles. The first-order chi connectivity index (χ1) is 8.65. The molecule has 1 aliphatic heterocycles. The van der Waals surface area contributed by atoms with Gasteiger partial charge in [0.15, 0.2) is 0 Å². The molecule has 2 aromatic rings. The van der Waals surface area contributed by atoms with Gasteiger partial charge in [-0.3, -0.25) is 14.9 Å². The Kier molecular flexibility index (Phi) is 2.48. The van der Waals surface area contributed by atoms with Gasteiger partial charge in [-0.2, -0.15) is 0 Å². The molecule has 2 heterocycles. The first-order valence-corrected chi connectivity index (χ1v) is 6.26. The zero-order valence-corrected chi connectivity index (χ0v) is 10.5. The van der Waals surface area contributed by atoms with Gasteiger partial charge < -0.3 is 4.57 Å². The minimum atomic E-state index is -0.321. The summed E-state index contributed by atoms with van der Waals surface area (Å²) in [6.07, 6.45) is 3.71. The van der Waals surface area contributed by atoms with Gasteiger partial charge in [0.05, 0.1) is 4.91 Å². The summed E-state index contributed by atoms with van der Waals surface area (Å²) in [6.45, 7) is 0. The van der Waals surface area contributed by atoms with Crippen LogP contribution in [0.15, 0.2) is 35.4 Å². The molecule has 0 radical (unpaired) electrons. The van der Waals surface area contributed by atoms with Crippen LogP contribution in [-0.2, 0) is 11.8 Å². The van der Waals surface area contributed by atoms with Gasteiger partial charge >= 0.3 is 0 Å². The number of fused-ring (bicyclic) bond motifs is 1. The number of amides is 2. The number of aromatic nitrogens is 1. The number of hydrogen-bond donors (Lipinski definition) is 1. The zero-order valence-electron chi connectivity index (χ0n) is 9.64. The molecule has 1 N–H and O–H groups in total. The van der Waals surface area contributed by atoms with Crippen LogP contribution in [0, 0.1) is 0 Å². The Bertz CT molecular complexity index is 700. The number of rotatable bonds is 1. The number of carbonyl (C=O) groups is 2. The number of para-hydroxylation sites is 1. The maximum absolute atomic E-state index is 11.5. The first kappa shape index (κ1) is 11.1. The van der Waals surface area contributed by atoms with Crippen molar-refractivity contribution in [3.63, 3.8) is 0 Å². The number of benzene rings is 1. The maximum atomic E-state index is 11.5. The lowest BCUT2D eigenvalue weighted by Crippen LogP contribution is -2.17. The lowest BCUT2D eigenvalue weighted by molar-refractivity contribution is -0.115. The Labute approximate surface area is 108 Å². The molecule has 0 spiro atoms. The molecule has 0 bridgehead atoms. The van der Waals surface area contributed by atoms with E-state index in [1.807, 2.05) is 42.1 Å². The fourth-order valence-electron chi connectivity index (χ4n) is 2.05. The van der Waals surface area contributed by atoms with Gasteiger partial charge in [-0.1, -0.05) is 18.2 Å². The molecule has 0 saturated carbocycles. The zero-order chi connectivity index (χ0) is 12.7. The molecule has 0 unspecified atom stereocenters. The molecule has 0 atom stereocenters. The van der Waals surface area contributed by atoms with Crippen molar-refractivity contribution in [2.45, 2.75) is 0 Å². The van der Waals surface area contributed by atoms with Crippen LogP contribution in [0.5, 0.6) is 0 Å². The summed E-state index contributed by atoms with van der Waals surface area (Å²) < 4.78 is 2.00. The fraction of sp³-hybridized carbons (Fsp3) is 0.0769. The van der Waals surface area contributed by atoms with Gasteiger partial charge in [-0.15, -0.1) is 0 Å². The quantitative estimate of drug-likeness (QED) is 0.799. The van der Waals surface area contributed by atoms with Crippen LogP contribution in [0.1, 0.15) is 5.56 Å². The summed E-state index contributed by atoms with van der Waals surface area (Å²) in [5.74, 6) is -0.321. The Morgan fingerprint density at radius 2 is 2.06 bits per heavy atom. The van der Waals surface area contributed by atoms with Gasteiger partial charge in [0, 0.05) is 29.7 Å². The van der Waals surface area contributed by atoms with Crippen molar-refractivity contribution < 1.29 is 9.59 Å². The summed E-state index contributed by atoms with van der Waals surface area (Å²) in [4.78, 5) is 23.1. The number of nitrogens with one attached hydrogen (secondary N) is 1. The van der Waals surface area contributed by atoms with Crippen LogP contribution in [0.4, 0.5) is 4.79 Å². The van der Waals surface area contributed by atoms with E-state index in [0.29, 0.717) is 4.91 Å². The molecule has 1 aromatic heterocycles. The van der Waals surface area contributed by atoms with Crippen molar-refractivity contribution in [2.24, 2.45) is 7.05 Å². The number of thioether (sulfide) groups is 1. The summed E-state index contributed by atoms with van der Waals surface area (Å²) in [6, 6.07) is 7.95. The van der Waals surface area contributed by atoms with E-state index in [1.165, 1.54) is 0 Å². The number of nitrogens with zero attached hydrogens (tertiary/aromatic N) is 1. The topological polar surface area (TPSA) is 51.1 Å². The van der Waals surface area contributed by atoms with Crippen molar-refractivity contribution in [2.75, 3.05) is 0 Å². The smallest absolute Gasteiger partial charge is 0.290 e. The van der Waals surface area contributed by atoms with Crippen LogP contribution >= 0.6 is 11.8 Å². The van der Waals surface area contributed by atoms with Gasteiger partial charge in [0.1, 0.15) is 0 Å². The number of aryl methyl sites for hydroxylation is 1. The van der Waals surface area contributed by atoms with E-state index in [0.717, 1.165) is 28.2 Å². The minimum Gasteiger partial charge on any atom is -0.350 e. The van der Waals surface area contributed by atoms with Crippen LogP contribution in [-0.4, -0.2) is 15.7 Å². The normalized spacial score (nSPS) is 17.7. The summed E-state index contributed by atoms with van der Waals surface area (Å²) in [7, 11) is 1.96. The Hall–Kier alpha value is -2.01. The molecular weight excluding hydrogens is 248 g/mol. The van der Waals surface area contributed by atoms with Crippen molar-refractivity contribution in [1.29, 1.82) is 0 Å². The molecule has 1 fully saturated rings. The SMILES string of the molecule is Cn1cc(/C=C2/SC(=O)NC2=O)c2ccccc21. The lowest BCUT2D eigenvalue weighted by Gasteiger charge is -1.93. The monoisotopic (exact) mass is 258 g/mol. The number of carbonyl (C=O) groups excluding carboxylic acids is 2. The number of hydrogen-bond acceptors (Lipinski definition) is 3. The largest absolute Gasteiger partial charge is 0.350 e. The van der Waals surface area contributed by atoms with E-state index >= 15 is 0 Å². The molecule has 1 saturated heterocycles. The van der Waals surface area contributed by atoms with Gasteiger partial charge in [0.25, 0.3) is 11.1 Å². The Balaban J connectivity index is 2.13. The van der Waals surface area contributed by atoms with Crippen LogP contribution < -0.4 is 5.32 Å². The summed E-state index contributed by atoms with van der Waals surface area (Å²) >= 11 is 0.939. The molecule has 18 heavy (non-hydrogen) atoms. The average molecular weight is 258 g/mol. The molecule has 2 amide bonds. The third-order valence-corrected chi connectivity index (χ3v) is 3.67. The van der Waals surface area contributed by atoms with E-state index < -0.39 is 0 Å². The molecule has 90 valence electrons. The Morgan fingerprint density at radius 1 is 1.28 bits per heavy atom. The van der Waals surface area contributed by atoms with E-state index in [4.69, 9.17) is 0 Å². The second-order valence-corrected chi connectivity index (χ2v) is 5.08. The molecule has 1 aliphatic rings. The maximum Gasteiger partial charge on any atom is 0.290 e. The van der Waals surface area contributed by atoms with E-state index in [2.05, 4.69) is 5.32 Å². The Morgan fingerprint density at radius 3 is 2.78 bits per heavy atom. The second kappa shape index (κ2) is 4.03. The highest BCUT2D eigenvalue weighted by atomic mass is 32.2. The lowest BCUT2D eigenvalue weighted by atomic mass is 10.1. The van der Waals surface area contributed by atoms with Crippen molar-refractivity contribution in [1.82, 2.24) is 9.88 Å². The van der Waals surface area contributed by atoms with Gasteiger partial charge in [-0.25, -0.2) is 0 Å². The second-order valence-electron chi connectivity index (χ2n) is 4.06. The van der Waals surface area contributed by atoms with Crippen LogP contribution in [0.25, 0.3) is 17.0 Å². The highest BCUT2D eigenvalue weighted by molar-refractivity contribution is 8.18. The van der Waals surface area contributed by atoms with E-state index in [1.54, 1.807) is 6.08 Å². The van der Waals surface area contributed by atoms with Gasteiger partial charge in [-0.05, 0) is 23.9 Å². The first-order valence-electron chi connectivity index (χ1n) is 5.44. The standard InChI is InChI=1S/C13H10N2O2S/c1-15-7-8(9-4-2-3-5-10(9)15)6-11-12(16)14-13(17)18-11/h2-7H,1H3,(H,14,16,17)/b11-6+. The predicted octanol–water partition coefficient (Wildman–Crippen LogP) is 2.50. The predicted molar refractivity (Wildman–Crippen MR) is 72.0 cm³/mol. The van der Waals surface area contributed by atoms with Crippen LogP contribution in [0.2, 0.25) is 0 Å². The highest BCUT2D eigenvalue weighted by Gasteiger charge is 2.25. The third-order valence-electron chi connectivity index (χ3n) is 2.86. The highest BCUT2D eigenvalue weighted by Crippen LogP contribution is 2.29. The summed E-state index contributed by atoms with van der Waals surface area (Å²) in [5, 5.41) is 3.01. The van der Waals surface area contributed by atoms with E-state index in [-0.39, 0.29) is 11.1 Å². The van der Waals surface area contributed by atoms with Crippen molar-refractivity contribution in [3.8, 4) is 0 Å². The molecule has 1 aromatic carbocycles. The molecular formula is C13H10N2O2S. The van der Waals surface area contributed by atoms with Crippen LogP contribution in [0.3, 0.4) is 0 Å². The molecule has 4 nitrogen and oxygen atoms in total. The third kappa shape index (κ3) is 1.73. The average Bonchev–Trinajstić information content (AvgIpc) is 2.82.